The molecule has 2 aliphatic rings. The Bertz CT molecular complexity index is 1390. The van der Waals surface area contributed by atoms with Crippen molar-refractivity contribution >= 4 is 47.9 Å². The van der Waals surface area contributed by atoms with Crippen LogP contribution >= 0.6 is 27.5 Å². The minimum Gasteiger partial charge on any atom is -0.352 e. The second-order valence-electron chi connectivity index (χ2n) is 11.8. The Balaban J connectivity index is 0.00000405. The number of nitrogens with one attached hydrogen (secondary N) is 2. The smallest absolute Gasteiger partial charge is 0.318 e. The second kappa shape index (κ2) is 13.2. The summed E-state index contributed by atoms with van der Waals surface area (Å²) in [5, 5.41) is 6.84. The number of piperazine rings is 1. The fourth-order valence-corrected chi connectivity index (χ4v) is 6.31. The molecule has 0 spiro atoms. The normalized spacial score (nSPS) is 18.8. The first-order chi connectivity index (χ1) is 19.5. The maximum absolute atomic E-state index is 13.7. The summed E-state index contributed by atoms with van der Waals surface area (Å²) in [5.74, 6) is 0.713. The van der Waals surface area contributed by atoms with Gasteiger partial charge in [-0.3, -0.25) is 14.7 Å². The van der Waals surface area contributed by atoms with Gasteiger partial charge in [-0.1, -0.05) is 17.7 Å². The largest absolute Gasteiger partial charge is 0.352 e. The Morgan fingerprint density at radius 3 is 2.60 bits per heavy atom. The van der Waals surface area contributed by atoms with Gasteiger partial charge in [0.1, 0.15) is 11.9 Å². The maximum atomic E-state index is 13.7. The van der Waals surface area contributed by atoms with Gasteiger partial charge < -0.3 is 20.1 Å². The standard InChI is InChI=1S/C30H37BrClN7O2.B/c1-19-33-9-11-37(19)12-10-34-28(40)25-18-38(13-14-39(25)29(41)36-30(2,3)4)27-24-8-7-23(32)16-20(24)5-6-21-15-22(31)17-35-26(21)27;/h7-9,11,15-17,25,27H,5-6,10,12-14,18H2,1-4H3,(H,34,40)(H,36,41);/t25-,27?;/m1./s1. The van der Waals surface area contributed by atoms with Crippen molar-refractivity contribution in [2.45, 2.75) is 64.7 Å². The molecule has 2 atom stereocenters. The molecule has 221 valence electrons. The molecule has 42 heavy (non-hydrogen) atoms. The van der Waals surface area contributed by atoms with Crippen LogP contribution in [0.4, 0.5) is 4.79 Å². The van der Waals surface area contributed by atoms with Crippen molar-refractivity contribution < 1.29 is 9.59 Å². The van der Waals surface area contributed by atoms with Crippen LogP contribution in [0.15, 0.2) is 47.3 Å². The molecule has 1 aliphatic carbocycles. The number of carbonyl (C=O) groups excluding carboxylic acids is 2. The van der Waals surface area contributed by atoms with Gasteiger partial charge in [-0.25, -0.2) is 9.78 Å². The molecule has 2 aromatic heterocycles. The van der Waals surface area contributed by atoms with E-state index in [1.807, 2.05) is 56.8 Å². The molecule has 3 amide bonds. The van der Waals surface area contributed by atoms with Crippen LogP contribution in [0.25, 0.3) is 0 Å². The van der Waals surface area contributed by atoms with Gasteiger partial charge >= 0.3 is 6.03 Å². The fourth-order valence-electron chi connectivity index (χ4n) is 5.74. The van der Waals surface area contributed by atoms with Crippen LogP contribution in [0.2, 0.25) is 5.02 Å². The average Bonchev–Trinajstić information content (AvgIpc) is 3.25. The van der Waals surface area contributed by atoms with E-state index < -0.39 is 11.6 Å². The second-order valence-corrected chi connectivity index (χ2v) is 13.1. The number of aryl methyl sites for hydroxylation is 3. The molecular formula is C30H37BBrClN7O2. The summed E-state index contributed by atoms with van der Waals surface area (Å²) in [6.07, 6.45) is 7.17. The summed E-state index contributed by atoms with van der Waals surface area (Å²) in [6.45, 7) is 10.2. The van der Waals surface area contributed by atoms with Crippen molar-refractivity contribution in [1.82, 2.24) is 35.0 Å². The highest BCUT2D eigenvalue weighted by Gasteiger charge is 2.40. The molecule has 0 bridgehead atoms. The van der Waals surface area contributed by atoms with Gasteiger partial charge in [0.15, 0.2) is 0 Å². The van der Waals surface area contributed by atoms with E-state index in [-0.39, 0.29) is 26.4 Å². The first-order valence-corrected chi connectivity index (χ1v) is 15.2. The van der Waals surface area contributed by atoms with E-state index in [0.29, 0.717) is 37.7 Å². The van der Waals surface area contributed by atoms with Crippen molar-refractivity contribution in [3.63, 3.8) is 0 Å². The Labute approximate surface area is 263 Å². The number of pyridine rings is 1. The molecule has 1 unspecified atom stereocenters. The predicted molar refractivity (Wildman–Crippen MR) is 169 cm³/mol. The fraction of sp³-hybridized carbons (Fsp3) is 0.467. The Kier molecular flexibility index (Phi) is 10.1. The van der Waals surface area contributed by atoms with Crippen LogP contribution < -0.4 is 10.6 Å². The highest BCUT2D eigenvalue weighted by atomic mass is 79.9. The third-order valence-electron chi connectivity index (χ3n) is 7.69. The molecule has 3 heterocycles. The Morgan fingerprint density at radius 2 is 1.88 bits per heavy atom. The average molecular weight is 654 g/mol. The number of fused-ring (bicyclic) bond motifs is 2. The summed E-state index contributed by atoms with van der Waals surface area (Å²) in [6, 6.07) is 7.11. The molecule has 12 heteroatoms. The molecular weight excluding hydrogens is 617 g/mol. The van der Waals surface area contributed by atoms with Gasteiger partial charge in [0.25, 0.3) is 0 Å². The summed E-state index contributed by atoms with van der Waals surface area (Å²) in [4.78, 5) is 40.3. The zero-order valence-electron chi connectivity index (χ0n) is 24.5. The highest BCUT2D eigenvalue weighted by molar-refractivity contribution is 9.10. The third-order valence-corrected chi connectivity index (χ3v) is 8.36. The van der Waals surface area contributed by atoms with Crippen molar-refractivity contribution in [3.05, 3.63) is 80.6 Å². The highest BCUT2D eigenvalue weighted by Crippen LogP contribution is 2.38. The van der Waals surface area contributed by atoms with E-state index in [9.17, 15) is 9.59 Å². The minimum absolute atomic E-state index is 0. The lowest BCUT2D eigenvalue weighted by Gasteiger charge is -2.44. The SMILES string of the molecule is Cc1nccn1CCNC(=O)[C@H]1CN(C2c3ccc(Cl)cc3CCc3cc(Br)cnc32)CCN1C(=O)NC(C)(C)C.[B]. The predicted octanol–water partition coefficient (Wildman–Crippen LogP) is 4.12. The van der Waals surface area contributed by atoms with E-state index >= 15 is 0 Å². The van der Waals surface area contributed by atoms with Gasteiger partial charge in [0, 0.05) is 74.8 Å². The maximum Gasteiger partial charge on any atom is 0.318 e. The number of hydrogen-bond acceptors (Lipinski definition) is 5. The molecule has 3 radical (unpaired) electrons. The molecule has 5 rings (SSSR count). The van der Waals surface area contributed by atoms with Crippen LogP contribution in [0.1, 0.15) is 55.0 Å². The quantitative estimate of drug-likeness (QED) is 0.405. The zero-order chi connectivity index (χ0) is 29.3. The Morgan fingerprint density at radius 1 is 1.12 bits per heavy atom. The number of carbonyl (C=O) groups is 2. The lowest BCUT2D eigenvalue weighted by molar-refractivity contribution is -0.127. The topological polar surface area (TPSA) is 95.4 Å². The van der Waals surface area contributed by atoms with Crippen LogP contribution in [-0.4, -0.2) is 82.4 Å². The number of hydrogen-bond donors (Lipinski definition) is 2. The van der Waals surface area contributed by atoms with Gasteiger partial charge in [0.05, 0.1) is 11.7 Å². The number of rotatable bonds is 5. The third kappa shape index (κ3) is 7.18. The molecule has 1 fully saturated rings. The van der Waals surface area contributed by atoms with Gasteiger partial charge in [-0.05, 0) is 91.4 Å². The van der Waals surface area contributed by atoms with E-state index in [2.05, 4.69) is 48.6 Å². The number of amides is 3. The van der Waals surface area contributed by atoms with Crippen LogP contribution in [0, 0.1) is 6.92 Å². The number of aromatic nitrogens is 3. The molecule has 1 aromatic carbocycles. The summed E-state index contributed by atoms with van der Waals surface area (Å²) >= 11 is 10.0. The number of benzene rings is 1. The first-order valence-electron chi connectivity index (χ1n) is 14.0. The van der Waals surface area contributed by atoms with Crippen LogP contribution in [0.3, 0.4) is 0 Å². The number of urea groups is 1. The van der Waals surface area contributed by atoms with E-state index in [1.54, 1.807) is 11.1 Å². The van der Waals surface area contributed by atoms with E-state index in [1.165, 1.54) is 11.1 Å². The molecule has 0 saturated carbocycles. The van der Waals surface area contributed by atoms with Crippen molar-refractivity contribution in [3.8, 4) is 0 Å². The number of halogens is 2. The first kappa shape index (κ1) is 32.0. The van der Waals surface area contributed by atoms with Gasteiger partial charge in [-0.2, -0.15) is 0 Å². The molecule has 9 nitrogen and oxygen atoms in total. The van der Waals surface area contributed by atoms with Crippen LogP contribution in [-0.2, 0) is 24.2 Å². The summed E-state index contributed by atoms with van der Waals surface area (Å²) in [7, 11) is 0. The molecule has 1 aliphatic heterocycles. The van der Waals surface area contributed by atoms with E-state index in [4.69, 9.17) is 16.6 Å². The van der Waals surface area contributed by atoms with Crippen molar-refractivity contribution in [2.24, 2.45) is 0 Å². The monoisotopic (exact) mass is 652 g/mol. The molecule has 2 N–H and O–H groups in total. The van der Waals surface area contributed by atoms with Gasteiger partial charge in [0.2, 0.25) is 5.91 Å². The van der Waals surface area contributed by atoms with Crippen LogP contribution in [0.5, 0.6) is 0 Å². The van der Waals surface area contributed by atoms with Crippen molar-refractivity contribution in [1.29, 1.82) is 0 Å². The summed E-state index contributed by atoms with van der Waals surface area (Å²) < 4.78 is 2.93. The summed E-state index contributed by atoms with van der Waals surface area (Å²) in [5.41, 5.74) is 4.05. The molecule has 1 saturated heterocycles. The lowest BCUT2D eigenvalue weighted by atomic mass is 9.95. The lowest BCUT2D eigenvalue weighted by Crippen LogP contribution is -2.64. The van der Waals surface area contributed by atoms with E-state index in [0.717, 1.165) is 34.4 Å². The van der Waals surface area contributed by atoms with Gasteiger partial charge in [-0.15, -0.1) is 0 Å². The zero-order valence-corrected chi connectivity index (χ0v) is 26.9. The number of nitrogens with zero attached hydrogens (tertiary/aromatic N) is 5. The molecule has 3 aromatic rings. The minimum atomic E-state index is -0.673. The van der Waals surface area contributed by atoms with Crippen molar-refractivity contribution in [2.75, 3.05) is 26.2 Å². The number of imidazole rings is 1. The Hall–Kier alpha value is -2.89.